The smallest absolute Gasteiger partial charge is 0.231 e. The molecular formula is C10H18ClN5S. The monoisotopic (exact) mass is 275 g/mol. The van der Waals surface area contributed by atoms with Crippen LogP contribution in [0.5, 0.6) is 0 Å². The van der Waals surface area contributed by atoms with Gasteiger partial charge in [0.05, 0.1) is 0 Å². The fourth-order valence-electron chi connectivity index (χ4n) is 1.47. The summed E-state index contributed by atoms with van der Waals surface area (Å²) in [5.41, 5.74) is 0. The third-order valence-electron chi connectivity index (χ3n) is 2.51. The highest BCUT2D eigenvalue weighted by Gasteiger charge is 2.16. The Morgan fingerprint density at radius 1 is 1.41 bits per heavy atom. The van der Waals surface area contributed by atoms with Crippen LogP contribution in [-0.4, -0.2) is 47.1 Å². The van der Waals surface area contributed by atoms with Crippen LogP contribution in [0.2, 0.25) is 5.28 Å². The van der Waals surface area contributed by atoms with Crippen LogP contribution in [0.25, 0.3) is 0 Å². The van der Waals surface area contributed by atoms with E-state index in [4.69, 9.17) is 11.6 Å². The maximum atomic E-state index is 5.86. The molecule has 1 aromatic rings. The van der Waals surface area contributed by atoms with Crippen molar-refractivity contribution in [1.29, 1.82) is 0 Å². The molecule has 0 bridgehead atoms. The van der Waals surface area contributed by atoms with Crippen molar-refractivity contribution < 1.29 is 0 Å². The molecule has 0 aromatic carbocycles. The lowest BCUT2D eigenvalue weighted by Gasteiger charge is -2.26. The topological polar surface area (TPSA) is 53.9 Å². The molecule has 0 saturated heterocycles. The van der Waals surface area contributed by atoms with Gasteiger partial charge in [-0.2, -0.15) is 26.7 Å². The summed E-state index contributed by atoms with van der Waals surface area (Å²) in [5, 5.41) is 3.09. The zero-order chi connectivity index (χ0) is 12.8. The third kappa shape index (κ3) is 3.89. The van der Waals surface area contributed by atoms with Gasteiger partial charge in [-0.25, -0.2) is 0 Å². The summed E-state index contributed by atoms with van der Waals surface area (Å²) in [5.74, 6) is 2.13. The van der Waals surface area contributed by atoms with Gasteiger partial charge in [0.1, 0.15) is 0 Å². The Hall–Kier alpha value is -0.750. The predicted molar refractivity (Wildman–Crippen MR) is 75.2 cm³/mol. The van der Waals surface area contributed by atoms with Crippen molar-refractivity contribution in [3.63, 3.8) is 0 Å². The average Bonchev–Trinajstić information content (AvgIpc) is 2.34. The first-order chi connectivity index (χ1) is 8.12. The fraction of sp³-hybridized carbons (Fsp3) is 0.700. The molecule has 0 aliphatic carbocycles. The lowest BCUT2D eigenvalue weighted by molar-refractivity contribution is 0.656. The zero-order valence-corrected chi connectivity index (χ0v) is 12.1. The molecular weight excluding hydrogens is 258 g/mol. The Balaban J connectivity index is 2.93. The molecule has 5 nitrogen and oxygen atoms in total. The first-order valence-corrected chi connectivity index (χ1v) is 7.20. The van der Waals surface area contributed by atoms with Crippen LogP contribution in [-0.2, 0) is 0 Å². The molecule has 0 radical (unpaired) electrons. The summed E-state index contributed by atoms with van der Waals surface area (Å²) in [6, 6.07) is 0.396. The van der Waals surface area contributed by atoms with E-state index in [-0.39, 0.29) is 5.28 Å². The van der Waals surface area contributed by atoms with Crippen LogP contribution >= 0.6 is 23.4 Å². The van der Waals surface area contributed by atoms with E-state index >= 15 is 0 Å². The number of halogens is 1. The Kier molecular flexibility index (Phi) is 5.77. The Bertz CT molecular complexity index is 363. The lowest BCUT2D eigenvalue weighted by atomic mass is 10.2. The maximum Gasteiger partial charge on any atom is 0.231 e. The summed E-state index contributed by atoms with van der Waals surface area (Å²) < 4.78 is 0. The van der Waals surface area contributed by atoms with Gasteiger partial charge in [-0.1, -0.05) is 6.92 Å². The molecule has 0 fully saturated rings. The second kappa shape index (κ2) is 6.86. The van der Waals surface area contributed by atoms with E-state index in [0.717, 1.165) is 12.2 Å². The average molecular weight is 276 g/mol. The SMILES string of the molecule is CCC(CSC)N(C)c1nc(Cl)nc(NC)n1. The Labute approximate surface area is 111 Å². The number of nitrogens with one attached hydrogen (secondary N) is 1. The highest BCUT2D eigenvalue weighted by Crippen LogP contribution is 2.17. The second-order valence-corrected chi connectivity index (χ2v) is 4.86. The number of anilines is 2. The first kappa shape index (κ1) is 14.3. The van der Waals surface area contributed by atoms with Crippen molar-refractivity contribution in [3.05, 3.63) is 5.28 Å². The molecule has 1 atom stereocenters. The van der Waals surface area contributed by atoms with Crippen LogP contribution in [0.3, 0.4) is 0 Å². The van der Waals surface area contributed by atoms with E-state index in [9.17, 15) is 0 Å². The van der Waals surface area contributed by atoms with Crippen LogP contribution in [0.4, 0.5) is 11.9 Å². The van der Waals surface area contributed by atoms with Crippen molar-refractivity contribution in [2.75, 3.05) is 36.3 Å². The number of aromatic nitrogens is 3. The number of hydrogen-bond acceptors (Lipinski definition) is 6. The molecule has 0 aliphatic rings. The molecule has 1 N–H and O–H groups in total. The minimum atomic E-state index is 0.213. The molecule has 17 heavy (non-hydrogen) atoms. The van der Waals surface area contributed by atoms with E-state index < -0.39 is 0 Å². The summed E-state index contributed by atoms with van der Waals surface area (Å²) >= 11 is 7.67. The standard InChI is InChI=1S/C10H18ClN5S/c1-5-7(6-17-4)16(3)10-14-8(11)13-9(12-2)15-10/h7H,5-6H2,1-4H3,(H,12,13,14,15). The molecule has 0 spiro atoms. The minimum Gasteiger partial charge on any atom is -0.357 e. The third-order valence-corrected chi connectivity index (χ3v) is 3.40. The normalized spacial score (nSPS) is 12.3. The summed E-state index contributed by atoms with van der Waals surface area (Å²) in [6.45, 7) is 2.15. The number of nitrogens with zero attached hydrogens (tertiary/aromatic N) is 4. The van der Waals surface area contributed by atoms with Crippen molar-refractivity contribution >= 4 is 35.3 Å². The first-order valence-electron chi connectivity index (χ1n) is 5.43. The summed E-state index contributed by atoms with van der Waals surface area (Å²) in [7, 11) is 3.74. The zero-order valence-electron chi connectivity index (χ0n) is 10.6. The molecule has 1 unspecified atom stereocenters. The lowest BCUT2D eigenvalue weighted by Crippen LogP contribution is -2.34. The van der Waals surface area contributed by atoms with Crippen LogP contribution in [0, 0.1) is 0 Å². The Morgan fingerprint density at radius 3 is 2.65 bits per heavy atom. The molecule has 1 aromatic heterocycles. The molecule has 96 valence electrons. The molecule has 0 aliphatic heterocycles. The van der Waals surface area contributed by atoms with Gasteiger partial charge in [-0.05, 0) is 24.3 Å². The van der Waals surface area contributed by atoms with E-state index in [1.54, 1.807) is 7.05 Å². The molecule has 0 saturated carbocycles. The number of hydrogen-bond donors (Lipinski definition) is 1. The Morgan fingerprint density at radius 2 is 2.12 bits per heavy atom. The molecule has 1 heterocycles. The van der Waals surface area contributed by atoms with Gasteiger partial charge in [-0.3, -0.25) is 0 Å². The van der Waals surface area contributed by atoms with Gasteiger partial charge in [0.15, 0.2) is 0 Å². The van der Waals surface area contributed by atoms with Crippen LogP contribution in [0.15, 0.2) is 0 Å². The van der Waals surface area contributed by atoms with E-state index in [2.05, 4.69) is 33.4 Å². The quantitative estimate of drug-likeness (QED) is 0.859. The van der Waals surface area contributed by atoms with Crippen molar-refractivity contribution in [2.45, 2.75) is 19.4 Å². The van der Waals surface area contributed by atoms with Gasteiger partial charge < -0.3 is 10.2 Å². The van der Waals surface area contributed by atoms with Gasteiger partial charge in [0, 0.05) is 25.9 Å². The summed E-state index contributed by atoms with van der Waals surface area (Å²) in [4.78, 5) is 14.5. The van der Waals surface area contributed by atoms with E-state index in [1.165, 1.54) is 0 Å². The summed E-state index contributed by atoms with van der Waals surface area (Å²) in [6.07, 6.45) is 3.13. The van der Waals surface area contributed by atoms with Gasteiger partial charge in [-0.15, -0.1) is 0 Å². The van der Waals surface area contributed by atoms with Crippen LogP contribution in [0.1, 0.15) is 13.3 Å². The molecule has 0 amide bonds. The molecule has 1 rings (SSSR count). The van der Waals surface area contributed by atoms with Crippen molar-refractivity contribution in [3.8, 4) is 0 Å². The van der Waals surface area contributed by atoms with E-state index in [1.807, 2.05) is 23.7 Å². The van der Waals surface area contributed by atoms with Crippen molar-refractivity contribution in [1.82, 2.24) is 15.0 Å². The fourth-order valence-corrected chi connectivity index (χ4v) is 2.47. The highest BCUT2D eigenvalue weighted by molar-refractivity contribution is 7.98. The molecule has 7 heteroatoms. The highest BCUT2D eigenvalue weighted by atomic mass is 35.5. The number of thioether (sulfide) groups is 1. The second-order valence-electron chi connectivity index (χ2n) is 3.61. The minimum absolute atomic E-state index is 0.213. The number of rotatable bonds is 6. The predicted octanol–water partition coefficient (Wildman–Crippen LogP) is 2.14. The van der Waals surface area contributed by atoms with Gasteiger partial charge >= 0.3 is 0 Å². The van der Waals surface area contributed by atoms with Gasteiger partial charge in [0.25, 0.3) is 0 Å². The van der Waals surface area contributed by atoms with Gasteiger partial charge in [0.2, 0.25) is 17.2 Å². The van der Waals surface area contributed by atoms with Crippen LogP contribution < -0.4 is 10.2 Å². The largest absolute Gasteiger partial charge is 0.357 e. The van der Waals surface area contributed by atoms with E-state index in [0.29, 0.717) is 17.9 Å². The maximum absolute atomic E-state index is 5.86. The van der Waals surface area contributed by atoms with Crippen molar-refractivity contribution in [2.24, 2.45) is 0 Å².